The van der Waals surface area contributed by atoms with Crippen LogP contribution in [0.3, 0.4) is 0 Å². The molecule has 25 heavy (non-hydrogen) atoms. The molecule has 3 heteroatoms. The summed E-state index contributed by atoms with van der Waals surface area (Å²) in [5.41, 5.74) is 0. The second kappa shape index (κ2) is 18.7. The summed E-state index contributed by atoms with van der Waals surface area (Å²) in [7, 11) is 8.72. The number of hydrogen-bond acceptors (Lipinski definition) is 3. The van der Waals surface area contributed by atoms with Gasteiger partial charge in [0.15, 0.2) is 0 Å². The Hall–Kier alpha value is -0.120. The zero-order chi connectivity index (χ0) is 18.8. The maximum Gasteiger partial charge on any atom is -0.000654 e. The Kier molecular flexibility index (Phi) is 18.6. The van der Waals surface area contributed by atoms with Gasteiger partial charge in [-0.1, -0.05) is 64.7 Å². The molecule has 3 nitrogen and oxygen atoms in total. The minimum absolute atomic E-state index is 1.21. The fourth-order valence-electron chi connectivity index (χ4n) is 3.38. The molecule has 0 aliphatic rings. The lowest BCUT2D eigenvalue weighted by atomic mass is 10.1. The van der Waals surface area contributed by atoms with Crippen molar-refractivity contribution in [3.05, 3.63) is 0 Å². The van der Waals surface area contributed by atoms with Crippen molar-refractivity contribution in [1.82, 2.24) is 14.7 Å². The summed E-state index contributed by atoms with van der Waals surface area (Å²) < 4.78 is 0. The molecule has 0 aromatic heterocycles. The van der Waals surface area contributed by atoms with Crippen LogP contribution in [0, 0.1) is 0 Å². The van der Waals surface area contributed by atoms with E-state index in [0.29, 0.717) is 0 Å². The first-order chi connectivity index (χ1) is 12.1. The topological polar surface area (TPSA) is 9.72 Å². The maximum absolute atomic E-state index is 2.71. The van der Waals surface area contributed by atoms with Crippen LogP contribution in [0.1, 0.15) is 84.0 Å². The highest BCUT2D eigenvalue weighted by molar-refractivity contribution is 4.61. The highest BCUT2D eigenvalue weighted by Crippen LogP contribution is 2.11. The number of hydrogen-bond donors (Lipinski definition) is 0. The van der Waals surface area contributed by atoms with Gasteiger partial charge in [-0.3, -0.25) is 0 Å². The van der Waals surface area contributed by atoms with Crippen molar-refractivity contribution in [2.24, 2.45) is 0 Å². The first-order valence-corrected chi connectivity index (χ1v) is 11.1. The molecule has 0 heterocycles. The van der Waals surface area contributed by atoms with Crippen molar-refractivity contribution in [2.45, 2.75) is 84.0 Å². The molecular weight excluding hydrogens is 306 g/mol. The predicted molar refractivity (Wildman–Crippen MR) is 115 cm³/mol. The van der Waals surface area contributed by atoms with Crippen LogP contribution >= 0.6 is 0 Å². The van der Waals surface area contributed by atoms with Crippen LogP contribution in [0.15, 0.2) is 0 Å². The minimum Gasteiger partial charge on any atom is -0.309 e. The van der Waals surface area contributed by atoms with E-state index in [1.54, 1.807) is 0 Å². The highest BCUT2D eigenvalue weighted by Gasteiger charge is 2.05. The van der Waals surface area contributed by atoms with E-state index in [0.717, 1.165) is 0 Å². The highest BCUT2D eigenvalue weighted by atomic mass is 15.1. The van der Waals surface area contributed by atoms with Crippen molar-refractivity contribution in [3.8, 4) is 0 Å². The van der Waals surface area contributed by atoms with Crippen molar-refractivity contribution in [3.63, 3.8) is 0 Å². The van der Waals surface area contributed by atoms with Gasteiger partial charge in [0, 0.05) is 0 Å². The van der Waals surface area contributed by atoms with Crippen LogP contribution in [0.4, 0.5) is 0 Å². The second-order valence-corrected chi connectivity index (χ2v) is 8.34. The third-order valence-corrected chi connectivity index (χ3v) is 4.99. The van der Waals surface area contributed by atoms with Gasteiger partial charge in [-0.05, 0) is 80.2 Å². The van der Waals surface area contributed by atoms with Crippen LogP contribution in [-0.4, -0.2) is 75.6 Å². The van der Waals surface area contributed by atoms with Crippen LogP contribution < -0.4 is 0 Å². The van der Waals surface area contributed by atoms with Gasteiger partial charge in [0.1, 0.15) is 0 Å². The largest absolute Gasteiger partial charge is 0.309 e. The molecule has 0 N–H and O–H groups in total. The summed E-state index contributed by atoms with van der Waals surface area (Å²) in [6.07, 6.45) is 16.9. The van der Waals surface area contributed by atoms with E-state index < -0.39 is 0 Å². The first-order valence-electron chi connectivity index (χ1n) is 11.1. The van der Waals surface area contributed by atoms with E-state index in [2.05, 4.69) is 49.8 Å². The Morgan fingerprint density at radius 2 is 0.760 bits per heavy atom. The Morgan fingerprint density at radius 1 is 0.400 bits per heavy atom. The maximum atomic E-state index is 2.71. The summed E-state index contributed by atoms with van der Waals surface area (Å²) in [5.74, 6) is 0. The molecule has 0 bridgehead atoms. The van der Waals surface area contributed by atoms with Gasteiger partial charge in [-0.2, -0.15) is 0 Å². The van der Waals surface area contributed by atoms with Crippen LogP contribution in [-0.2, 0) is 0 Å². The van der Waals surface area contributed by atoms with E-state index in [4.69, 9.17) is 0 Å². The summed E-state index contributed by atoms with van der Waals surface area (Å²) in [5, 5.41) is 0. The summed E-state index contributed by atoms with van der Waals surface area (Å²) >= 11 is 0. The van der Waals surface area contributed by atoms with Crippen molar-refractivity contribution >= 4 is 0 Å². The third-order valence-electron chi connectivity index (χ3n) is 4.99. The lowest BCUT2D eigenvalue weighted by molar-refractivity contribution is 0.236. The van der Waals surface area contributed by atoms with Crippen LogP contribution in [0.5, 0.6) is 0 Å². The van der Waals surface area contributed by atoms with Gasteiger partial charge in [0.05, 0.1) is 0 Å². The Balaban J connectivity index is 3.66. The predicted octanol–water partition coefficient (Wildman–Crippen LogP) is 5.11. The molecule has 0 saturated heterocycles. The van der Waals surface area contributed by atoms with Crippen molar-refractivity contribution < 1.29 is 0 Å². The average molecular weight is 356 g/mol. The number of rotatable bonds is 19. The molecule has 0 spiro atoms. The Morgan fingerprint density at radius 3 is 1.16 bits per heavy atom. The molecule has 0 radical (unpaired) electrons. The third kappa shape index (κ3) is 20.0. The molecular formula is C22H49N3. The molecule has 152 valence electrons. The second-order valence-electron chi connectivity index (χ2n) is 8.34. The fourth-order valence-corrected chi connectivity index (χ4v) is 3.38. The smallest absolute Gasteiger partial charge is 0.000654 e. The van der Waals surface area contributed by atoms with Gasteiger partial charge in [0.25, 0.3) is 0 Å². The zero-order valence-electron chi connectivity index (χ0n) is 18.4. The Bertz CT molecular complexity index is 240. The zero-order valence-corrected chi connectivity index (χ0v) is 18.4. The standard InChI is InChI=1S/C22H49N3/c1-6-7-8-9-10-11-12-13-14-15-20-25(21-16-18-23(2)3)22-17-19-24(4)5/h6-22H2,1-5H3. The van der Waals surface area contributed by atoms with Gasteiger partial charge < -0.3 is 14.7 Å². The van der Waals surface area contributed by atoms with Gasteiger partial charge in [-0.25, -0.2) is 0 Å². The normalized spacial score (nSPS) is 12.0. The fraction of sp³-hybridized carbons (Fsp3) is 1.00. The van der Waals surface area contributed by atoms with E-state index >= 15 is 0 Å². The Labute approximate surface area is 160 Å². The van der Waals surface area contributed by atoms with Gasteiger partial charge in [-0.15, -0.1) is 0 Å². The molecule has 0 aromatic rings. The molecule has 0 saturated carbocycles. The molecule has 0 unspecified atom stereocenters. The molecule has 0 aromatic carbocycles. The van der Waals surface area contributed by atoms with E-state index in [1.165, 1.54) is 110 Å². The van der Waals surface area contributed by atoms with E-state index in [1.807, 2.05) is 0 Å². The quantitative estimate of drug-likeness (QED) is 0.298. The average Bonchev–Trinajstić information content (AvgIpc) is 2.55. The van der Waals surface area contributed by atoms with E-state index in [9.17, 15) is 0 Å². The summed E-state index contributed by atoms with van der Waals surface area (Å²) in [6.45, 7) is 8.55. The monoisotopic (exact) mass is 355 g/mol. The number of nitrogens with zero attached hydrogens (tertiary/aromatic N) is 3. The van der Waals surface area contributed by atoms with Crippen LogP contribution in [0.2, 0.25) is 0 Å². The minimum atomic E-state index is 1.21. The van der Waals surface area contributed by atoms with Crippen molar-refractivity contribution in [1.29, 1.82) is 0 Å². The lowest BCUT2D eigenvalue weighted by Crippen LogP contribution is -2.31. The van der Waals surface area contributed by atoms with Crippen molar-refractivity contribution in [2.75, 3.05) is 60.9 Å². The van der Waals surface area contributed by atoms with E-state index in [-0.39, 0.29) is 0 Å². The van der Waals surface area contributed by atoms with Gasteiger partial charge in [0.2, 0.25) is 0 Å². The SMILES string of the molecule is CCCCCCCCCCCCN(CCCN(C)C)CCCN(C)C. The number of unbranched alkanes of at least 4 members (excludes halogenated alkanes) is 9. The molecule has 0 atom stereocenters. The summed E-state index contributed by atoms with van der Waals surface area (Å²) in [6, 6.07) is 0. The van der Waals surface area contributed by atoms with Gasteiger partial charge >= 0.3 is 0 Å². The van der Waals surface area contributed by atoms with Crippen LogP contribution in [0.25, 0.3) is 0 Å². The molecule has 0 rings (SSSR count). The molecule has 0 fully saturated rings. The summed E-state index contributed by atoms with van der Waals surface area (Å²) in [4.78, 5) is 7.31. The molecule has 0 amide bonds. The molecule has 0 aliphatic carbocycles. The molecule has 0 aliphatic heterocycles. The lowest BCUT2D eigenvalue weighted by Gasteiger charge is -2.24. The first kappa shape index (κ1) is 24.9.